The van der Waals surface area contributed by atoms with Crippen molar-refractivity contribution in [2.45, 2.75) is 19.4 Å². The number of benzene rings is 2. The minimum atomic E-state index is -0.630. The zero-order chi connectivity index (χ0) is 17.9. The fraction of sp³-hybridized carbons (Fsp3) is 0.238. The van der Waals surface area contributed by atoms with Gasteiger partial charge in [0, 0.05) is 17.6 Å². The lowest BCUT2D eigenvalue weighted by Crippen LogP contribution is -2.21. The highest BCUT2D eigenvalue weighted by atomic mass is 16.4. The highest BCUT2D eigenvalue weighted by Gasteiger charge is 2.15. The van der Waals surface area contributed by atoms with Gasteiger partial charge in [0.15, 0.2) is 0 Å². The van der Waals surface area contributed by atoms with Crippen molar-refractivity contribution in [2.24, 2.45) is 0 Å². The van der Waals surface area contributed by atoms with Gasteiger partial charge in [-0.1, -0.05) is 30.3 Å². The SMILES string of the molecule is O=C(Nc1cccc(CN2CCCC2)c1)c1cc2ccccc2oc1=O. The topological polar surface area (TPSA) is 62.6 Å². The third-order valence-corrected chi connectivity index (χ3v) is 4.68. The number of hydrogen-bond donors (Lipinski definition) is 1. The maximum atomic E-state index is 12.6. The standard InChI is InChI=1S/C21H20N2O3/c24-20(18-13-16-7-1-2-9-19(16)26-21(18)25)22-17-8-5-6-15(12-17)14-23-10-3-4-11-23/h1-2,5-9,12-13H,3-4,10-11,14H2,(H,22,24). The number of fused-ring (bicyclic) bond motifs is 1. The van der Waals surface area contributed by atoms with Gasteiger partial charge < -0.3 is 9.73 Å². The Morgan fingerprint density at radius 1 is 1.04 bits per heavy atom. The van der Waals surface area contributed by atoms with Crippen molar-refractivity contribution in [3.63, 3.8) is 0 Å². The number of carbonyl (C=O) groups excluding carboxylic acids is 1. The summed E-state index contributed by atoms with van der Waals surface area (Å²) in [6.07, 6.45) is 2.49. The van der Waals surface area contributed by atoms with E-state index in [1.54, 1.807) is 18.2 Å². The average Bonchev–Trinajstić information content (AvgIpc) is 3.14. The van der Waals surface area contributed by atoms with Gasteiger partial charge in [-0.25, -0.2) is 4.79 Å². The second-order valence-electron chi connectivity index (χ2n) is 6.62. The molecule has 26 heavy (non-hydrogen) atoms. The Hall–Kier alpha value is -2.92. The summed E-state index contributed by atoms with van der Waals surface area (Å²) < 4.78 is 5.24. The van der Waals surface area contributed by atoms with Crippen LogP contribution in [0.2, 0.25) is 0 Å². The summed E-state index contributed by atoms with van der Waals surface area (Å²) >= 11 is 0. The Labute approximate surface area is 151 Å². The molecule has 1 amide bonds. The quantitative estimate of drug-likeness (QED) is 0.731. The van der Waals surface area contributed by atoms with E-state index in [1.807, 2.05) is 30.3 Å². The summed E-state index contributed by atoms with van der Waals surface area (Å²) in [5, 5.41) is 3.53. The van der Waals surface area contributed by atoms with Crippen LogP contribution in [0, 0.1) is 0 Å². The van der Waals surface area contributed by atoms with Crippen LogP contribution < -0.4 is 10.9 Å². The van der Waals surface area contributed by atoms with E-state index >= 15 is 0 Å². The number of likely N-dealkylation sites (tertiary alicyclic amines) is 1. The van der Waals surface area contributed by atoms with Gasteiger partial charge in [0.25, 0.3) is 5.91 Å². The Bertz CT molecular complexity index is 1000. The molecule has 2 heterocycles. The van der Waals surface area contributed by atoms with Crippen LogP contribution in [0.5, 0.6) is 0 Å². The molecular formula is C21H20N2O3. The zero-order valence-corrected chi connectivity index (χ0v) is 14.4. The van der Waals surface area contributed by atoms with E-state index in [0.29, 0.717) is 11.3 Å². The van der Waals surface area contributed by atoms with Crippen LogP contribution in [0.15, 0.2) is 63.8 Å². The first-order valence-corrected chi connectivity index (χ1v) is 8.84. The molecule has 1 saturated heterocycles. The molecule has 5 nitrogen and oxygen atoms in total. The lowest BCUT2D eigenvalue weighted by Gasteiger charge is -2.15. The molecule has 1 aliphatic rings. The largest absolute Gasteiger partial charge is 0.422 e. The summed E-state index contributed by atoms with van der Waals surface area (Å²) in [7, 11) is 0. The maximum Gasteiger partial charge on any atom is 0.349 e. The lowest BCUT2D eigenvalue weighted by atomic mass is 10.1. The number of anilines is 1. The molecule has 1 aromatic heterocycles. The second kappa shape index (κ2) is 7.14. The number of hydrogen-bond acceptors (Lipinski definition) is 4. The first-order valence-electron chi connectivity index (χ1n) is 8.84. The van der Waals surface area contributed by atoms with Crippen molar-refractivity contribution in [2.75, 3.05) is 18.4 Å². The highest BCUT2D eigenvalue weighted by Crippen LogP contribution is 2.17. The molecule has 0 bridgehead atoms. The van der Waals surface area contributed by atoms with E-state index in [4.69, 9.17) is 4.42 Å². The summed E-state index contributed by atoms with van der Waals surface area (Å²) in [6.45, 7) is 3.12. The van der Waals surface area contributed by atoms with Gasteiger partial charge in [-0.05, 0) is 55.8 Å². The molecule has 1 fully saturated rings. The zero-order valence-electron chi connectivity index (χ0n) is 14.4. The molecule has 1 aliphatic heterocycles. The minimum absolute atomic E-state index is 0.00801. The summed E-state index contributed by atoms with van der Waals surface area (Å²) in [4.78, 5) is 27.1. The van der Waals surface area contributed by atoms with Gasteiger partial charge in [0.2, 0.25) is 0 Å². The predicted octanol–water partition coefficient (Wildman–Crippen LogP) is 3.64. The Morgan fingerprint density at radius 2 is 1.85 bits per heavy atom. The molecule has 0 saturated carbocycles. The van der Waals surface area contributed by atoms with Crippen LogP contribution >= 0.6 is 0 Å². The molecular weight excluding hydrogens is 328 g/mol. The van der Waals surface area contributed by atoms with Crippen LogP contribution in [0.25, 0.3) is 11.0 Å². The van der Waals surface area contributed by atoms with E-state index in [0.717, 1.165) is 30.6 Å². The minimum Gasteiger partial charge on any atom is -0.422 e. The number of rotatable bonds is 4. The first kappa shape index (κ1) is 16.5. The van der Waals surface area contributed by atoms with Crippen LogP contribution in [-0.2, 0) is 6.54 Å². The Balaban J connectivity index is 1.54. The van der Waals surface area contributed by atoms with E-state index in [2.05, 4.69) is 16.3 Å². The molecule has 3 aromatic rings. The fourth-order valence-electron chi connectivity index (χ4n) is 3.37. The van der Waals surface area contributed by atoms with Crippen LogP contribution in [-0.4, -0.2) is 23.9 Å². The van der Waals surface area contributed by atoms with Crippen molar-refractivity contribution < 1.29 is 9.21 Å². The van der Waals surface area contributed by atoms with Crippen LogP contribution in [0.3, 0.4) is 0 Å². The smallest absolute Gasteiger partial charge is 0.349 e. The van der Waals surface area contributed by atoms with E-state index < -0.39 is 11.5 Å². The summed E-state index contributed by atoms with van der Waals surface area (Å²) in [6, 6.07) is 16.5. The maximum absolute atomic E-state index is 12.6. The van der Waals surface area contributed by atoms with E-state index in [9.17, 15) is 9.59 Å². The molecule has 0 unspecified atom stereocenters. The molecule has 4 rings (SSSR count). The second-order valence-corrected chi connectivity index (χ2v) is 6.62. The molecule has 5 heteroatoms. The number of nitrogens with zero attached hydrogens (tertiary/aromatic N) is 1. The molecule has 2 aromatic carbocycles. The van der Waals surface area contributed by atoms with Gasteiger partial charge in [-0.15, -0.1) is 0 Å². The lowest BCUT2D eigenvalue weighted by molar-refractivity contribution is 0.102. The van der Waals surface area contributed by atoms with Gasteiger partial charge >= 0.3 is 5.63 Å². The van der Waals surface area contributed by atoms with Crippen LogP contribution in [0.1, 0.15) is 28.8 Å². The van der Waals surface area contributed by atoms with Crippen molar-refractivity contribution >= 4 is 22.6 Å². The van der Waals surface area contributed by atoms with E-state index in [1.165, 1.54) is 12.8 Å². The summed E-state index contributed by atoms with van der Waals surface area (Å²) in [5.41, 5.74) is 1.68. The average molecular weight is 348 g/mol. The van der Waals surface area contributed by atoms with Gasteiger partial charge in [0.05, 0.1) is 0 Å². The predicted molar refractivity (Wildman–Crippen MR) is 101 cm³/mol. The summed E-state index contributed by atoms with van der Waals surface area (Å²) in [5.74, 6) is -0.456. The van der Waals surface area contributed by atoms with Crippen molar-refractivity contribution in [3.05, 3.63) is 76.1 Å². The van der Waals surface area contributed by atoms with Gasteiger partial charge in [-0.2, -0.15) is 0 Å². The van der Waals surface area contributed by atoms with Gasteiger partial charge in [-0.3, -0.25) is 9.69 Å². The normalized spacial score (nSPS) is 14.6. The molecule has 0 atom stereocenters. The molecule has 132 valence electrons. The number of nitrogens with one attached hydrogen (secondary N) is 1. The molecule has 0 spiro atoms. The van der Waals surface area contributed by atoms with Gasteiger partial charge in [0.1, 0.15) is 11.1 Å². The number of amides is 1. The van der Waals surface area contributed by atoms with Crippen molar-refractivity contribution in [3.8, 4) is 0 Å². The highest BCUT2D eigenvalue weighted by molar-refractivity contribution is 6.05. The first-order chi connectivity index (χ1) is 12.7. The third-order valence-electron chi connectivity index (χ3n) is 4.68. The third kappa shape index (κ3) is 3.53. The molecule has 0 aliphatic carbocycles. The monoisotopic (exact) mass is 348 g/mol. The van der Waals surface area contributed by atoms with E-state index in [-0.39, 0.29) is 5.56 Å². The van der Waals surface area contributed by atoms with Crippen molar-refractivity contribution in [1.29, 1.82) is 0 Å². The Morgan fingerprint density at radius 3 is 2.69 bits per heavy atom. The fourth-order valence-corrected chi connectivity index (χ4v) is 3.37. The van der Waals surface area contributed by atoms with Crippen molar-refractivity contribution in [1.82, 2.24) is 4.90 Å². The van der Waals surface area contributed by atoms with Crippen LogP contribution in [0.4, 0.5) is 5.69 Å². The Kier molecular flexibility index (Phi) is 4.54. The number of carbonyl (C=O) groups is 1. The molecule has 0 radical (unpaired) electrons. The number of para-hydroxylation sites is 1. The molecule has 1 N–H and O–H groups in total.